The molecule has 168 valence electrons. The molecule has 0 saturated heterocycles. The van der Waals surface area contributed by atoms with Crippen molar-refractivity contribution < 1.29 is 9.53 Å². The number of hydrogen-bond donors (Lipinski definition) is 0. The largest absolute Gasteiger partial charge is 0.361 e. The van der Waals surface area contributed by atoms with Crippen LogP contribution in [0.3, 0.4) is 0 Å². The number of carbonyl (C=O) groups is 1. The van der Waals surface area contributed by atoms with Crippen LogP contribution in [0.1, 0.15) is 25.2 Å². The van der Waals surface area contributed by atoms with Gasteiger partial charge in [0.05, 0.1) is 11.1 Å². The Labute approximate surface area is 190 Å². The van der Waals surface area contributed by atoms with Crippen LogP contribution in [0.25, 0.3) is 11.1 Å². The molecule has 32 heavy (non-hydrogen) atoms. The summed E-state index contributed by atoms with van der Waals surface area (Å²) in [4.78, 5) is 28.4. The number of aromatic nitrogens is 4. The number of amides is 1. The van der Waals surface area contributed by atoms with E-state index in [4.69, 9.17) is 4.74 Å². The van der Waals surface area contributed by atoms with Crippen molar-refractivity contribution >= 4 is 25.6 Å². The quantitative estimate of drug-likeness (QED) is 0.378. The lowest BCUT2D eigenvalue weighted by atomic mass is 9.85. The van der Waals surface area contributed by atoms with E-state index in [-0.39, 0.29) is 5.91 Å². The molecule has 0 spiro atoms. The number of nitrogens with zero attached hydrogens (tertiary/aromatic N) is 5. The van der Waals surface area contributed by atoms with Gasteiger partial charge in [0, 0.05) is 45.0 Å². The second-order valence-electron chi connectivity index (χ2n) is 10.1. The van der Waals surface area contributed by atoms with Gasteiger partial charge in [0.2, 0.25) is 11.9 Å². The van der Waals surface area contributed by atoms with Crippen LogP contribution in [-0.2, 0) is 21.7 Å². The van der Waals surface area contributed by atoms with Crippen molar-refractivity contribution in [2.75, 3.05) is 11.5 Å². The van der Waals surface area contributed by atoms with E-state index in [1.807, 2.05) is 62.1 Å². The number of aryl methyl sites for hydroxylation is 1. The Bertz CT molecular complexity index is 1130. The fourth-order valence-corrected chi connectivity index (χ4v) is 4.58. The van der Waals surface area contributed by atoms with Gasteiger partial charge in [-0.05, 0) is 44.0 Å². The predicted molar refractivity (Wildman–Crippen MR) is 129 cm³/mol. The Hall–Kier alpha value is -2.84. The van der Waals surface area contributed by atoms with Crippen LogP contribution >= 0.6 is 0 Å². The van der Waals surface area contributed by atoms with Gasteiger partial charge in [-0.15, -0.1) is 0 Å². The number of fused-ring (bicyclic) bond motifs is 1. The number of rotatable bonds is 7. The van der Waals surface area contributed by atoms with Crippen molar-refractivity contribution in [1.29, 1.82) is 0 Å². The molecule has 8 heteroatoms. The van der Waals surface area contributed by atoms with Gasteiger partial charge < -0.3 is 4.74 Å². The summed E-state index contributed by atoms with van der Waals surface area (Å²) in [5, 5.41) is 0. The number of imidazole rings is 1. The molecule has 0 fully saturated rings. The summed E-state index contributed by atoms with van der Waals surface area (Å²) < 4.78 is 7.83. The molecule has 1 amide bonds. The van der Waals surface area contributed by atoms with Gasteiger partial charge in [-0.1, -0.05) is 31.8 Å². The average molecular weight is 450 g/mol. The molecular weight excluding hydrogens is 418 g/mol. The molecule has 7 nitrogen and oxygen atoms in total. The normalized spacial score (nSPS) is 15.3. The second-order valence-corrected chi connectivity index (χ2v) is 15.7. The van der Waals surface area contributed by atoms with Crippen LogP contribution in [0.4, 0.5) is 11.6 Å². The standard InChI is InChI=1S/C24H31N5O2Si/c1-17-26-14-19(15-27-17)18-7-8-20-21(13-18)29(22(30)24(20,2)3)23-25-9-10-28(23)16-31-11-12-32(4,5)6/h7-10,13-15H,11-12,16H2,1-6H3. The molecule has 0 radical (unpaired) electrons. The third kappa shape index (κ3) is 4.25. The van der Waals surface area contributed by atoms with Gasteiger partial charge >= 0.3 is 0 Å². The van der Waals surface area contributed by atoms with Gasteiger partial charge in [0.25, 0.3) is 0 Å². The van der Waals surface area contributed by atoms with Crippen LogP contribution in [0.5, 0.6) is 0 Å². The number of ether oxygens (including phenoxy) is 1. The van der Waals surface area contributed by atoms with Crippen LogP contribution in [-0.4, -0.2) is 40.1 Å². The van der Waals surface area contributed by atoms with Gasteiger partial charge in [-0.2, -0.15) is 0 Å². The predicted octanol–water partition coefficient (Wildman–Crippen LogP) is 4.92. The Morgan fingerprint density at radius 2 is 1.78 bits per heavy atom. The zero-order valence-electron chi connectivity index (χ0n) is 19.7. The summed E-state index contributed by atoms with van der Waals surface area (Å²) in [5.74, 6) is 1.30. The highest BCUT2D eigenvalue weighted by Gasteiger charge is 2.46. The van der Waals surface area contributed by atoms with E-state index in [0.717, 1.165) is 34.2 Å². The maximum atomic E-state index is 13.5. The monoisotopic (exact) mass is 449 g/mol. The minimum atomic E-state index is -1.16. The summed E-state index contributed by atoms with van der Waals surface area (Å²) in [5.41, 5.74) is 3.05. The first-order chi connectivity index (χ1) is 15.1. The molecule has 1 aliphatic rings. The van der Waals surface area contributed by atoms with Crippen LogP contribution in [0.2, 0.25) is 25.7 Å². The van der Waals surface area contributed by atoms with Crippen molar-refractivity contribution in [3.05, 3.63) is 54.4 Å². The Balaban J connectivity index is 1.67. The summed E-state index contributed by atoms with van der Waals surface area (Å²) in [6.07, 6.45) is 7.19. The Morgan fingerprint density at radius 3 is 2.47 bits per heavy atom. The van der Waals surface area contributed by atoms with E-state index in [9.17, 15) is 4.79 Å². The Kier molecular flexibility index (Phi) is 5.77. The SMILES string of the molecule is Cc1ncc(-c2ccc3c(c2)N(c2nccn2COCC[Si](C)(C)C)C(=O)C3(C)C)cn1. The molecule has 1 aromatic carbocycles. The van der Waals surface area contributed by atoms with Crippen molar-refractivity contribution in [2.45, 2.75) is 58.6 Å². The highest BCUT2D eigenvalue weighted by molar-refractivity contribution is 6.76. The van der Waals surface area contributed by atoms with Crippen LogP contribution < -0.4 is 4.90 Å². The summed E-state index contributed by atoms with van der Waals surface area (Å²) in [7, 11) is -1.16. The lowest BCUT2D eigenvalue weighted by Gasteiger charge is -2.21. The topological polar surface area (TPSA) is 73.1 Å². The molecule has 1 aliphatic heterocycles. The van der Waals surface area contributed by atoms with Gasteiger partial charge in [-0.3, -0.25) is 9.36 Å². The highest BCUT2D eigenvalue weighted by Crippen LogP contribution is 2.46. The van der Waals surface area contributed by atoms with E-state index in [0.29, 0.717) is 19.3 Å². The third-order valence-corrected chi connectivity index (χ3v) is 7.59. The fraction of sp³-hybridized carbons (Fsp3) is 0.417. The van der Waals surface area contributed by atoms with Crippen LogP contribution in [0.15, 0.2) is 43.0 Å². The minimum Gasteiger partial charge on any atom is -0.361 e. The van der Waals surface area contributed by atoms with Crippen molar-refractivity contribution in [3.8, 4) is 11.1 Å². The van der Waals surface area contributed by atoms with Crippen molar-refractivity contribution in [3.63, 3.8) is 0 Å². The van der Waals surface area contributed by atoms with Gasteiger partial charge in [0.15, 0.2) is 0 Å². The number of carbonyl (C=O) groups excluding carboxylic acids is 1. The molecule has 3 heterocycles. The third-order valence-electron chi connectivity index (χ3n) is 5.88. The van der Waals surface area contributed by atoms with E-state index in [1.165, 1.54) is 0 Å². The van der Waals surface area contributed by atoms with E-state index < -0.39 is 13.5 Å². The van der Waals surface area contributed by atoms with E-state index in [1.54, 1.807) is 11.1 Å². The first kappa shape index (κ1) is 22.4. The number of anilines is 2. The maximum absolute atomic E-state index is 13.5. The number of hydrogen-bond acceptors (Lipinski definition) is 5. The zero-order valence-corrected chi connectivity index (χ0v) is 20.7. The second kappa shape index (κ2) is 8.25. The molecular formula is C24H31N5O2Si. The van der Waals surface area contributed by atoms with Crippen molar-refractivity contribution in [2.24, 2.45) is 0 Å². The minimum absolute atomic E-state index is 0.000597. The molecule has 3 aromatic rings. The molecule has 0 N–H and O–H groups in total. The lowest BCUT2D eigenvalue weighted by Crippen LogP contribution is -2.34. The van der Waals surface area contributed by atoms with Gasteiger partial charge in [-0.25, -0.2) is 19.9 Å². The maximum Gasteiger partial charge on any atom is 0.244 e. The molecule has 2 aromatic heterocycles. The first-order valence-electron chi connectivity index (χ1n) is 10.9. The molecule has 0 bridgehead atoms. The molecule has 0 atom stereocenters. The molecule has 0 aliphatic carbocycles. The number of benzene rings is 1. The fourth-order valence-electron chi connectivity index (χ4n) is 3.82. The Morgan fingerprint density at radius 1 is 1.06 bits per heavy atom. The van der Waals surface area contributed by atoms with Crippen LogP contribution in [0, 0.1) is 6.92 Å². The summed E-state index contributed by atoms with van der Waals surface area (Å²) in [6.45, 7) is 13.8. The van der Waals surface area contributed by atoms with E-state index >= 15 is 0 Å². The molecule has 4 rings (SSSR count). The van der Waals surface area contributed by atoms with E-state index in [2.05, 4.69) is 34.6 Å². The lowest BCUT2D eigenvalue weighted by molar-refractivity contribution is -0.121. The summed E-state index contributed by atoms with van der Waals surface area (Å²) in [6, 6.07) is 7.18. The smallest absolute Gasteiger partial charge is 0.244 e. The molecule has 0 unspecified atom stereocenters. The molecule has 0 saturated carbocycles. The highest BCUT2D eigenvalue weighted by atomic mass is 28.3. The summed E-state index contributed by atoms with van der Waals surface area (Å²) >= 11 is 0. The van der Waals surface area contributed by atoms with Crippen molar-refractivity contribution in [1.82, 2.24) is 19.5 Å². The zero-order chi connectivity index (χ0) is 23.1. The first-order valence-corrected chi connectivity index (χ1v) is 14.7. The van der Waals surface area contributed by atoms with Gasteiger partial charge in [0.1, 0.15) is 12.6 Å². The average Bonchev–Trinajstić information content (AvgIpc) is 3.26.